The Balaban J connectivity index is 2.31. The van der Waals surface area contributed by atoms with E-state index in [-0.39, 0.29) is 11.3 Å². The smallest absolute Gasteiger partial charge is 0.380 e. The number of benzene rings is 2. The molecule has 5 nitrogen and oxygen atoms in total. The van der Waals surface area contributed by atoms with Crippen LogP contribution in [0.15, 0.2) is 42.5 Å². The van der Waals surface area contributed by atoms with Gasteiger partial charge in [0.25, 0.3) is 5.91 Å². The summed E-state index contributed by atoms with van der Waals surface area (Å²) in [6.07, 6.45) is 0. The topological polar surface area (TPSA) is 56.8 Å². The van der Waals surface area contributed by atoms with E-state index in [2.05, 4.69) is 5.32 Å². The van der Waals surface area contributed by atoms with Crippen LogP contribution in [0.25, 0.3) is 0 Å². The van der Waals surface area contributed by atoms with E-state index < -0.39 is 12.6 Å². The lowest BCUT2D eigenvalue weighted by atomic mass is 10.2. The van der Waals surface area contributed by atoms with Crippen LogP contribution in [0.4, 0.5) is 5.69 Å². The Kier molecular flexibility index (Phi) is 7.89. The quantitative estimate of drug-likeness (QED) is 0.523. The number of nitrogens with one attached hydrogen (secondary N) is 1. The zero-order valence-electron chi connectivity index (χ0n) is 14.2. The van der Waals surface area contributed by atoms with Gasteiger partial charge in [0, 0.05) is 33.6 Å². The Labute approximate surface area is 167 Å². The first-order chi connectivity index (χ1) is 12.4. The highest BCUT2D eigenvalue weighted by atomic mass is 35.5. The van der Waals surface area contributed by atoms with Crippen molar-refractivity contribution in [2.75, 3.05) is 18.5 Å². The van der Waals surface area contributed by atoms with Gasteiger partial charge in [-0.2, -0.15) is 0 Å². The van der Waals surface area contributed by atoms with Crippen molar-refractivity contribution < 1.29 is 18.4 Å². The second-order valence-corrected chi connectivity index (χ2v) is 8.79. The van der Waals surface area contributed by atoms with Crippen LogP contribution in [0.5, 0.6) is 5.75 Å². The van der Waals surface area contributed by atoms with Crippen LogP contribution in [0, 0.1) is 0 Å². The molecule has 0 aliphatic rings. The van der Waals surface area contributed by atoms with Gasteiger partial charge in [0.15, 0.2) is 0 Å². The predicted octanol–water partition coefficient (Wildman–Crippen LogP) is 5.92. The summed E-state index contributed by atoms with van der Waals surface area (Å²) in [6, 6.07) is 11.5. The molecule has 0 saturated carbocycles. The van der Waals surface area contributed by atoms with E-state index in [1.165, 1.54) is 6.07 Å². The number of amides is 1. The van der Waals surface area contributed by atoms with Gasteiger partial charge in [-0.1, -0.05) is 29.3 Å². The van der Waals surface area contributed by atoms with Crippen LogP contribution in [-0.2, 0) is 20.9 Å². The van der Waals surface area contributed by atoms with E-state index in [1.807, 2.05) is 0 Å². The Bertz CT molecular complexity index is 824. The summed E-state index contributed by atoms with van der Waals surface area (Å²) in [6.45, 7) is 1.17. The second kappa shape index (κ2) is 9.70. The molecule has 0 spiro atoms. The zero-order valence-corrected chi connectivity index (χ0v) is 17.4. The Morgan fingerprint density at radius 1 is 1.08 bits per heavy atom. The maximum Gasteiger partial charge on any atom is 0.380 e. The fraction of sp³-hybridized carbons (Fsp3) is 0.235. The molecule has 0 bridgehead atoms. The van der Waals surface area contributed by atoms with Crippen molar-refractivity contribution >= 4 is 53.3 Å². The van der Waals surface area contributed by atoms with E-state index in [0.717, 1.165) is 0 Å². The molecule has 140 valence electrons. The summed E-state index contributed by atoms with van der Waals surface area (Å²) in [4.78, 5) is 12.7. The average Bonchev–Trinajstić information content (AvgIpc) is 2.55. The van der Waals surface area contributed by atoms with Gasteiger partial charge < -0.3 is 9.84 Å². The lowest BCUT2D eigenvalue weighted by molar-refractivity contribution is 0.102. The molecule has 0 aliphatic heterocycles. The van der Waals surface area contributed by atoms with Gasteiger partial charge in [-0.25, -0.2) is 0 Å². The molecule has 2 aromatic carbocycles. The van der Waals surface area contributed by atoms with Crippen LogP contribution in [-0.4, -0.2) is 19.1 Å². The van der Waals surface area contributed by atoms with Gasteiger partial charge in [0.2, 0.25) is 0 Å². The summed E-state index contributed by atoms with van der Waals surface area (Å²) >= 11 is 17.4. The van der Waals surface area contributed by atoms with Gasteiger partial charge >= 0.3 is 6.72 Å². The number of anilines is 1. The van der Waals surface area contributed by atoms with Gasteiger partial charge in [-0.05, 0) is 44.2 Å². The third-order valence-corrected chi connectivity index (χ3v) is 5.95. The van der Waals surface area contributed by atoms with Crippen molar-refractivity contribution in [3.63, 3.8) is 0 Å². The molecule has 0 aliphatic carbocycles. The van der Waals surface area contributed by atoms with Crippen molar-refractivity contribution in [1.29, 1.82) is 0 Å². The summed E-state index contributed by atoms with van der Waals surface area (Å²) < 4.78 is 16.7. The molecule has 0 heterocycles. The monoisotopic (exact) mass is 433 g/mol. The zero-order chi connectivity index (χ0) is 19.2. The lowest BCUT2D eigenvalue weighted by Gasteiger charge is -2.22. The Hall–Kier alpha value is -1.14. The summed E-state index contributed by atoms with van der Waals surface area (Å²) in [5.41, 5.74) is 0.806. The number of carbonyl (C=O) groups is 1. The fourth-order valence-corrected chi connectivity index (χ4v) is 4.48. The molecule has 0 saturated heterocycles. The number of hydrogen-bond donors (Lipinski definition) is 1. The summed E-state index contributed by atoms with van der Waals surface area (Å²) in [7, 11) is 0. The van der Waals surface area contributed by atoms with Crippen LogP contribution in [0.1, 0.15) is 24.2 Å². The number of rotatable bonds is 8. The third-order valence-electron chi connectivity index (χ3n) is 3.06. The molecular weight excluding hydrogens is 416 g/mol. The molecule has 26 heavy (non-hydrogen) atoms. The maximum atomic E-state index is 12.7. The van der Waals surface area contributed by atoms with E-state index in [1.54, 1.807) is 50.2 Å². The van der Waals surface area contributed by atoms with E-state index in [9.17, 15) is 4.79 Å². The largest absolute Gasteiger partial charge is 0.423 e. The van der Waals surface area contributed by atoms with Gasteiger partial charge in [-0.3, -0.25) is 13.8 Å². The molecule has 0 atom stereocenters. The van der Waals surface area contributed by atoms with Crippen LogP contribution in [0.2, 0.25) is 10.0 Å². The first-order valence-corrected chi connectivity index (χ1v) is 11.1. The molecule has 1 N–H and O–H groups in total. The highest BCUT2D eigenvalue weighted by molar-refractivity contribution is 8.07. The standard InChI is InChI=1S/C17H18Cl2NO4PS/c1-3-22-25(26,23-4-2)24-16-11-13(19)8-9-15(16)17(21)20-14-7-5-6-12(18)10-14/h5-11H,3-4H2,1-2H3,(H,20,21). The maximum absolute atomic E-state index is 12.7. The van der Waals surface area contributed by atoms with Crippen molar-refractivity contribution in [2.45, 2.75) is 13.8 Å². The first-order valence-electron chi connectivity index (χ1n) is 7.82. The van der Waals surface area contributed by atoms with Crippen molar-refractivity contribution in [2.24, 2.45) is 0 Å². The number of halogens is 2. The van der Waals surface area contributed by atoms with Crippen molar-refractivity contribution in [1.82, 2.24) is 0 Å². The summed E-state index contributed by atoms with van der Waals surface area (Å²) in [5, 5.41) is 3.67. The van der Waals surface area contributed by atoms with E-state index >= 15 is 0 Å². The van der Waals surface area contributed by atoms with Crippen molar-refractivity contribution in [3.05, 3.63) is 58.1 Å². The molecule has 0 fully saturated rings. The number of hydrogen-bond acceptors (Lipinski definition) is 5. The van der Waals surface area contributed by atoms with E-state index in [4.69, 9.17) is 48.6 Å². The average molecular weight is 434 g/mol. The van der Waals surface area contributed by atoms with Gasteiger partial charge in [0.05, 0.1) is 18.8 Å². The fourth-order valence-electron chi connectivity index (χ4n) is 2.05. The minimum atomic E-state index is -3.04. The van der Waals surface area contributed by atoms with Gasteiger partial charge in [-0.15, -0.1) is 0 Å². The molecular formula is C17H18Cl2NO4PS. The van der Waals surface area contributed by atoms with Crippen molar-refractivity contribution in [3.8, 4) is 5.75 Å². The molecule has 0 unspecified atom stereocenters. The highest BCUT2D eigenvalue weighted by Gasteiger charge is 2.25. The number of carbonyl (C=O) groups excluding carboxylic acids is 1. The molecule has 0 radical (unpaired) electrons. The summed E-state index contributed by atoms with van der Waals surface area (Å²) in [5.74, 6) is -0.198. The Morgan fingerprint density at radius 3 is 2.35 bits per heavy atom. The lowest BCUT2D eigenvalue weighted by Crippen LogP contribution is -2.14. The molecule has 1 amide bonds. The highest BCUT2D eigenvalue weighted by Crippen LogP contribution is 2.50. The third kappa shape index (κ3) is 5.95. The molecule has 9 heteroatoms. The van der Waals surface area contributed by atoms with Crippen LogP contribution < -0.4 is 9.84 Å². The molecule has 2 rings (SSSR count). The first kappa shape index (κ1) is 21.2. The van der Waals surface area contributed by atoms with Crippen LogP contribution >= 0.6 is 29.9 Å². The van der Waals surface area contributed by atoms with Crippen LogP contribution in [0.3, 0.4) is 0 Å². The molecule has 2 aromatic rings. The van der Waals surface area contributed by atoms with Gasteiger partial charge in [0.1, 0.15) is 5.75 Å². The molecule has 0 aromatic heterocycles. The van der Waals surface area contributed by atoms with E-state index in [0.29, 0.717) is 28.9 Å². The minimum absolute atomic E-state index is 0.197. The second-order valence-electron chi connectivity index (χ2n) is 4.98. The predicted molar refractivity (Wildman–Crippen MR) is 109 cm³/mol. The SMILES string of the molecule is CCOP(=S)(OCC)Oc1cc(Cl)ccc1C(=O)Nc1cccc(Cl)c1. The Morgan fingerprint density at radius 2 is 1.73 bits per heavy atom. The normalized spacial score (nSPS) is 11.2. The minimum Gasteiger partial charge on any atom is -0.423 e.